The zero-order chi connectivity index (χ0) is 69.7. The quantitative estimate of drug-likeness (QED) is 0.0226. The van der Waals surface area contributed by atoms with Gasteiger partial charge in [-0.3, -0.25) is 0 Å². The van der Waals surface area contributed by atoms with Crippen molar-refractivity contribution in [3.63, 3.8) is 0 Å². The van der Waals surface area contributed by atoms with Crippen LogP contribution in [0.3, 0.4) is 0 Å². The number of rotatable bonds is 24. The average Bonchev–Trinajstić information content (AvgIpc) is 3.28. The molecule has 0 amide bonds. The number of hydrogen-bond acceptors (Lipinski definition) is 18. The molecule has 42 heteroatoms. The summed E-state index contributed by atoms with van der Waals surface area (Å²) in [6.45, 7) is 24.0. The zero-order valence-corrected chi connectivity index (χ0v) is 63.1. The van der Waals surface area contributed by atoms with Crippen molar-refractivity contribution in [3.8, 4) is 0 Å². The first-order valence-electron chi connectivity index (χ1n) is 24.4. The molecule has 0 aliphatic heterocycles. The monoisotopic (exact) mass is 1640 g/mol. The molecule has 0 fully saturated rings. The van der Waals surface area contributed by atoms with Gasteiger partial charge in [-0.05, 0) is 0 Å². The molecule has 0 bridgehead atoms. The normalized spacial score (nSPS) is 15.4. The topological polar surface area (TPSA) is 436 Å². The first-order valence-corrected chi connectivity index (χ1v) is 42.9. The number of methoxy groups -OCH3 is 6. The standard InChI is InChI=1S/6C7H16NO.6AsFH2O3/c6*1-4-5-8(2)6-7-9-3;6*2-1(3,4)5/h6*6H,4-5,7H2,1-3H3;6*(H2,3,4,5)/q6*+1;;;;;;/p-6. The van der Waals surface area contributed by atoms with E-state index in [1.807, 2.05) is 37.3 Å². The fourth-order valence-corrected chi connectivity index (χ4v) is 3.87. The number of nitrogens with zero attached hydrogens (tertiary/aromatic N) is 6. The van der Waals surface area contributed by atoms with Gasteiger partial charge in [0.25, 0.3) is 0 Å². The van der Waals surface area contributed by atoms with Crippen molar-refractivity contribution in [3.05, 3.63) is 0 Å². The molecule has 0 heterocycles. The van der Waals surface area contributed by atoms with E-state index in [1.54, 1.807) is 42.7 Å². The molecule has 30 nitrogen and oxygen atoms in total. The van der Waals surface area contributed by atoms with E-state index in [2.05, 4.69) is 111 Å². The van der Waals surface area contributed by atoms with E-state index < -0.39 is 87.9 Å². The Hall–Kier alpha value is -0.969. The second-order valence-electron chi connectivity index (χ2n) is 15.4. The second-order valence-corrected chi connectivity index (χ2v) is 26.8. The summed E-state index contributed by atoms with van der Waals surface area (Å²) in [6.07, 6.45) is 19.4. The Morgan fingerprint density at radius 2 is 0.357 bits per heavy atom. The summed E-state index contributed by atoms with van der Waals surface area (Å²) in [7, 11) is 22.6. The molecule has 0 rings (SSSR count). The Balaban J connectivity index is -0.0000000680. The molecule has 0 aromatic rings. The minimum absolute atomic E-state index is 0.719. The van der Waals surface area contributed by atoms with Crippen LogP contribution in [0.2, 0.25) is 0 Å². The third-order valence-corrected chi connectivity index (χ3v) is 6.78. The molecule has 516 valence electrons. The third kappa shape index (κ3) is 308. The first-order chi connectivity index (χ1) is 37.8. The van der Waals surface area contributed by atoms with Crippen molar-refractivity contribution < 1.29 is 148 Å². The van der Waals surface area contributed by atoms with Crippen molar-refractivity contribution in [1.29, 1.82) is 0 Å². The summed E-state index contributed by atoms with van der Waals surface area (Å²) >= 11 is -35.2. The van der Waals surface area contributed by atoms with Gasteiger partial charge < -0.3 is 28.4 Å². The molecule has 0 spiro atoms. The molecule has 0 saturated carbocycles. The van der Waals surface area contributed by atoms with E-state index in [-0.39, 0.29) is 0 Å². The Kier molecular flexibility index (Phi) is 103. The summed E-state index contributed by atoms with van der Waals surface area (Å²) in [5.74, 6) is 0. The molecule has 0 aromatic heterocycles. The van der Waals surface area contributed by atoms with E-state index in [0.29, 0.717) is 0 Å². The summed E-state index contributed by atoms with van der Waals surface area (Å²) in [5, 5.41) is 0. The molecule has 6 N–H and O–H groups in total. The summed E-state index contributed by atoms with van der Waals surface area (Å²) in [6, 6.07) is 0. The predicted octanol–water partition coefficient (Wildman–Crippen LogP) is -6.42. The number of hydrogen-bond donors (Lipinski definition) is 6. The van der Waals surface area contributed by atoms with Crippen LogP contribution in [0.15, 0.2) is 0 Å². The molecule has 6 atom stereocenters. The van der Waals surface area contributed by atoms with Crippen molar-refractivity contribution in [2.24, 2.45) is 0 Å². The van der Waals surface area contributed by atoms with Gasteiger partial charge >= 0.3 is 180 Å². The van der Waals surface area contributed by atoms with Crippen LogP contribution in [0.25, 0.3) is 0 Å². The first kappa shape index (κ1) is 111. The Morgan fingerprint density at radius 1 is 0.286 bits per heavy atom. The van der Waals surface area contributed by atoms with E-state index in [1.165, 1.54) is 38.5 Å². The maximum atomic E-state index is 10.3. The van der Waals surface area contributed by atoms with Gasteiger partial charge in [0, 0.05) is 81.2 Å². The second kappa shape index (κ2) is 78.1. The summed E-state index contributed by atoms with van der Waals surface area (Å²) in [4.78, 5) is 0. The van der Waals surface area contributed by atoms with Crippen LogP contribution < -0.4 is 24.6 Å². The van der Waals surface area contributed by atoms with Crippen LogP contribution in [0.4, 0.5) is 20.8 Å². The van der Waals surface area contributed by atoms with Crippen molar-refractivity contribution in [2.75, 3.05) is 164 Å². The summed E-state index contributed by atoms with van der Waals surface area (Å²) < 4.78 is 249. The third-order valence-electron chi connectivity index (χ3n) is 6.78. The van der Waals surface area contributed by atoms with E-state index in [4.69, 9.17) is 100 Å². The molecule has 0 radical (unpaired) electrons. The number of halogens is 6. The van der Waals surface area contributed by atoms with Crippen LogP contribution in [-0.2, 0) is 50.9 Å². The molecular weight excluding hydrogens is 1540 g/mol. The van der Waals surface area contributed by atoms with Crippen LogP contribution in [-0.4, -0.2) is 341 Å². The van der Waals surface area contributed by atoms with Gasteiger partial charge in [0.05, 0.1) is 0 Å². The van der Waals surface area contributed by atoms with Crippen LogP contribution >= 0.6 is 0 Å². The zero-order valence-electron chi connectivity index (χ0n) is 51.9. The van der Waals surface area contributed by atoms with Gasteiger partial charge in [-0.25, -0.2) is 27.5 Å². The van der Waals surface area contributed by atoms with E-state index >= 15 is 0 Å². The van der Waals surface area contributed by atoms with Gasteiger partial charge in [0.2, 0.25) is 0 Å². The van der Waals surface area contributed by atoms with Gasteiger partial charge in [-0.15, -0.1) is 0 Å². The van der Waals surface area contributed by atoms with Crippen LogP contribution in [0, 0.1) is 0 Å². The fraction of sp³-hybridized carbons (Fsp3) is 0.857. The van der Waals surface area contributed by atoms with E-state index in [0.717, 1.165) is 78.9 Å². The number of ether oxygens (including phenoxy) is 6. The maximum absolute atomic E-state index is 10.3. The minimum atomic E-state index is -5.88. The van der Waals surface area contributed by atoms with Gasteiger partial charge in [0.15, 0.2) is 37.3 Å². The molecule has 6 unspecified atom stereocenters. The Labute approximate surface area is 513 Å². The van der Waals surface area contributed by atoms with Gasteiger partial charge in [-0.1, -0.05) is 41.5 Å². The molecule has 0 aliphatic rings. The summed E-state index contributed by atoms with van der Waals surface area (Å²) in [5.41, 5.74) is 0. The Bertz CT molecular complexity index is 1510. The van der Waals surface area contributed by atoms with Crippen LogP contribution in [0.1, 0.15) is 80.1 Å². The van der Waals surface area contributed by atoms with Gasteiger partial charge in [-0.2, -0.15) is 0 Å². The van der Waals surface area contributed by atoms with E-state index in [9.17, 15) is 20.8 Å². The van der Waals surface area contributed by atoms with Crippen molar-refractivity contribution >= 4 is 125 Å². The molecule has 0 aliphatic carbocycles. The predicted molar refractivity (Wildman–Crippen MR) is 294 cm³/mol. The molecule has 0 aromatic carbocycles. The van der Waals surface area contributed by atoms with Crippen LogP contribution in [0.5, 0.6) is 0 Å². The molecular formula is C42H102As6F6N6O24. The molecule has 0 saturated heterocycles. The molecule has 84 heavy (non-hydrogen) atoms. The fourth-order valence-electron chi connectivity index (χ4n) is 3.87. The Morgan fingerprint density at radius 3 is 0.405 bits per heavy atom. The van der Waals surface area contributed by atoms with Crippen molar-refractivity contribution in [2.45, 2.75) is 80.1 Å². The SMILES string of the molecule is CCC[N+](C)=CCOC.CCC[N+](C)=CCOC.CCC[N+](C)=CCOC.CCC[N+](C)=CCOC.CCC[N+](C)=CCOC.CCC[N+](C)=CCOC.O=[As]([O-])(O)F.O=[As]([O-])(O)F.O=[As]([O-])(O)F.O=[As]([O-])(O)F.O=[As]([O-])(O)F.O=[As]([O-])(O)F. The van der Waals surface area contributed by atoms with Gasteiger partial charge in [0.1, 0.15) is 121 Å². The average molecular weight is 1640 g/mol. The van der Waals surface area contributed by atoms with Crippen molar-refractivity contribution in [1.82, 2.24) is 0 Å².